The number of benzene rings is 1. The molecule has 84 valence electrons. The third kappa shape index (κ3) is 4.56. The monoisotopic (exact) mass is 227 g/mol. The van der Waals surface area contributed by atoms with E-state index in [1.165, 1.54) is 6.07 Å². The minimum atomic E-state index is -0.323. The average Bonchev–Trinajstić information content (AvgIpc) is 2.09. The van der Waals surface area contributed by atoms with Gasteiger partial charge < -0.3 is 5.73 Å². The molecule has 0 aromatic heterocycles. The van der Waals surface area contributed by atoms with E-state index in [2.05, 4.69) is 20.8 Å². The maximum absolute atomic E-state index is 13.1. The average molecular weight is 227 g/mol. The molecule has 0 aliphatic carbocycles. The molecular weight excluding hydrogens is 209 g/mol. The van der Waals surface area contributed by atoms with Crippen molar-refractivity contribution in [1.29, 1.82) is 0 Å². The molecule has 0 saturated carbocycles. The Bertz CT molecular complexity index is 331. The molecule has 0 bridgehead atoms. The van der Waals surface area contributed by atoms with Crippen LogP contribution in [0.15, 0.2) is 23.1 Å². The van der Waals surface area contributed by atoms with Crippen LogP contribution in [0, 0.1) is 11.2 Å². The number of anilines is 1. The Kier molecular flexibility index (Phi) is 4.03. The molecule has 0 amide bonds. The van der Waals surface area contributed by atoms with E-state index in [0.29, 0.717) is 5.41 Å². The van der Waals surface area contributed by atoms with Crippen LogP contribution in [0.2, 0.25) is 0 Å². The van der Waals surface area contributed by atoms with Crippen LogP contribution >= 0.6 is 11.8 Å². The molecule has 0 fully saturated rings. The molecule has 0 saturated heterocycles. The van der Waals surface area contributed by atoms with Gasteiger partial charge in [0.25, 0.3) is 0 Å². The summed E-state index contributed by atoms with van der Waals surface area (Å²) < 4.78 is 13.1. The zero-order valence-electron chi connectivity index (χ0n) is 9.51. The Morgan fingerprint density at radius 1 is 1.33 bits per heavy atom. The van der Waals surface area contributed by atoms with Crippen LogP contribution in [0.5, 0.6) is 0 Å². The maximum atomic E-state index is 13.1. The third-order valence-corrected chi connectivity index (χ3v) is 3.09. The summed E-state index contributed by atoms with van der Waals surface area (Å²) in [4.78, 5) is 0.950. The van der Waals surface area contributed by atoms with Crippen molar-refractivity contribution in [3.63, 3.8) is 0 Å². The van der Waals surface area contributed by atoms with E-state index in [1.54, 1.807) is 17.8 Å². The van der Waals surface area contributed by atoms with Gasteiger partial charge in [0.05, 0.1) is 5.69 Å². The molecule has 0 aliphatic rings. The predicted octanol–water partition coefficient (Wildman–Crippen LogP) is 3.94. The zero-order valence-corrected chi connectivity index (χ0v) is 10.3. The molecule has 2 N–H and O–H groups in total. The van der Waals surface area contributed by atoms with Crippen molar-refractivity contribution in [2.24, 2.45) is 5.41 Å². The highest BCUT2D eigenvalue weighted by Crippen LogP contribution is 2.27. The molecule has 0 spiro atoms. The van der Waals surface area contributed by atoms with Crippen molar-refractivity contribution in [3.8, 4) is 0 Å². The summed E-state index contributed by atoms with van der Waals surface area (Å²) in [5, 5.41) is 0. The van der Waals surface area contributed by atoms with Crippen LogP contribution in [0.3, 0.4) is 0 Å². The molecule has 1 aromatic carbocycles. The highest BCUT2D eigenvalue weighted by molar-refractivity contribution is 7.99. The van der Waals surface area contributed by atoms with Crippen molar-refractivity contribution < 1.29 is 4.39 Å². The fourth-order valence-electron chi connectivity index (χ4n) is 1.07. The van der Waals surface area contributed by atoms with Gasteiger partial charge in [-0.2, -0.15) is 0 Å². The van der Waals surface area contributed by atoms with Gasteiger partial charge in [0.1, 0.15) is 5.82 Å². The lowest BCUT2D eigenvalue weighted by molar-refractivity contribution is 0.401. The second-order valence-corrected chi connectivity index (χ2v) is 6.01. The Labute approximate surface area is 95.2 Å². The van der Waals surface area contributed by atoms with Crippen molar-refractivity contribution in [1.82, 2.24) is 0 Å². The lowest BCUT2D eigenvalue weighted by Crippen LogP contribution is -2.05. The summed E-state index contributed by atoms with van der Waals surface area (Å²) >= 11 is 1.67. The van der Waals surface area contributed by atoms with Crippen LogP contribution < -0.4 is 5.73 Å². The standard InChI is InChI=1S/C12H18FNS/c1-12(2,3)6-7-15-9-4-5-11(14)10(13)8-9/h4-5,8H,6-7,14H2,1-3H3. The van der Waals surface area contributed by atoms with Gasteiger partial charge in [0.15, 0.2) is 0 Å². The Hall–Kier alpha value is -0.700. The molecule has 3 heteroatoms. The SMILES string of the molecule is CC(C)(C)CCSc1ccc(N)c(F)c1. The largest absolute Gasteiger partial charge is 0.396 e. The van der Waals surface area contributed by atoms with E-state index in [4.69, 9.17) is 5.73 Å². The fraction of sp³-hybridized carbons (Fsp3) is 0.500. The second kappa shape index (κ2) is 4.88. The van der Waals surface area contributed by atoms with E-state index in [-0.39, 0.29) is 11.5 Å². The van der Waals surface area contributed by atoms with E-state index >= 15 is 0 Å². The van der Waals surface area contributed by atoms with Gasteiger partial charge in [-0.1, -0.05) is 20.8 Å². The highest BCUT2D eigenvalue weighted by atomic mass is 32.2. The van der Waals surface area contributed by atoms with Gasteiger partial charge in [-0.25, -0.2) is 4.39 Å². The first-order valence-corrected chi connectivity index (χ1v) is 6.05. The number of halogens is 1. The highest BCUT2D eigenvalue weighted by Gasteiger charge is 2.09. The number of hydrogen-bond donors (Lipinski definition) is 1. The van der Waals surface area contributed by atoms with Crippen LogP contribution in [-0.2, 0) is 0 Å². The minimum absolute atomic E-state index is 0.218. The summed E-state index contributed by atoms with van der Waals surface area (Å²) in [5.41, 5.74) is 5.95. The van der Waals surface area contributed by atoms with Crippen LogP contribution in [0.4, 0.5) is 10.1 Å². The molecule has 0 atom stereocenters. The van der Waals surface area contributed by atoms with Crippen molar-refractivity contribution in [3.05, 3.63) is 24.0 Å². The van der Waals surface area contributed by atoms with Crippen LogP contribution in [0.25, 0.3) is 0 Å². The quantitative estimate of drug-likeness (QED) is 0.625. The van der Waals surface area contributed by atoms with Crippen LogP contribution in [0.1, 0.15) is 27.2 Å². The lowest BCUT2D eigenvalue weighted by atomic mass is 9.94. The molecule has 1 rings (SSSR count). The van der Waals surface area contributed by atoms with Gasteiger partial charge in [-0.15, -0.1) is 11.8 Å². The second-order valence-electron chi connectivity index (χ2n) is 4.84. The number of rotatable bonds is 3. The molecule has 0 aliphatic heterocycles. The van der Waals surface area contributed by atoms with Crippen molar-refractivity contribution in [2.45, 2.75) is 32.1 Å². The number of nitrogen functional groups attached to an aromatic ring is 1. The zero-order chi connectivity index (χ0) is 11.5. The predicted molar refractivity (Wildman–Crippen MR) is 65.6 cm³/mol. The number of nitrogens with two attached hydrogens (primary N) is 1. The normalized spacial score (nSPS) is 11.7. The number of hydrogen-bond acceptors (Lipinski definition) is 2. The minimum Gasteiger partial charge on any atom is -0.396 e. The summed E-state index contributed by atoms with van der Waals surface area (Å²) in [6, 6.07) is 4.99. The summed E-state index contributed by atoms with van der Waals surface area (Å²) in [7, 11) is 0. The van der Waals surface area contributed by atoms with Crippen molar-refractivity contribution >= 4 is 17.4 Å². The van der Waals surface area contributed by atoms with E-state index in [0.717, 1.165) is 17.1 Å². The molecule has 0 radical (unpaired) electrons. The van der Waals surface area contributed by atoms with Gasteiger partial charge in [0, 0.05) is 4.90 Å². The summed E-state index contributed by atoms with van der Waals surface area (Å²) in [6.07, 6.45) is 1.11. The fourth-order valence-corrected chi connectivity index (χ4v) is 2.37. The smallest absolute Gasteiger partial charge is 0.147 e. The van der Waals surface area contributed by atoms with E-state index < -0.39 is 0 Å². The molecule has 1 aromatic rings. The molecular formula is C12H18FNS. The van der Waals surface area contributed by atoms with Gasteiger partial charge in [-0.3, -0.25) is 0 Å². The van der Waals surface area contributed by atoms with E-state index in [1.807, 2.05) is 6.07 Å². The van der Waals surface area contributed by atoms with Crippen LogP contribution in [-0.4, -0.2) is 5.75 Å². The Balaban J connectivity index is 2.48. The van der Waals surface area contributed by atoms with Gasteiger partial charge in [0.2, 0.25) is 0 Å². The first-order valence-electron chi connectivity index (χ1n) is 5.06. The summed E-state index contributed by atoms with van der Waals surface area (Å²) in [5.74, 6) is 0.683. The third-order valence-electron chi connectivity index (χ3n) is 2.09. The van der Waals surface area contributed by atoms with Gasteiger partial charge >= 0.3 is 0 Å². The lowest BCUT2D eigenvalue weighted by Gasteiger charge is -2.17. The van der Waals surface area contributed by atoms with Gasteiger partial charge in [-0.05, 0) is 35.8 Å². The van der Waals surface area contributed by atoms with Crippen molar-refractivity contribution in [2.75, 3.05) is 11.5 Å². The molecule has 15 heavy (non-hydrogen) atoms. The maximum Gasteiger partial charge on any atom is 0.147 e. The number of thioether (sulfide) groups is 1. The Morgan fingerprint density at radius 3 is 2.53 bits per heavy atom. The summed E-state index contributed by atoms with van der Waals surface area (Å²) in [6.45, 7) is 6.62. The molecule has 0 heterocycles. The first kappa shape index (κ1) is 12.4. The first-order chi connectivity index (χ1) is 6.88. The topological polar surface area (TPSA) is 26.0 Å². The molecule has 1 nitrogen and oxygen atoms in total. The Morgan fingerprint density at radius 2 is 2.00 bits per heavy atom. The van der Waals surface area contributed by atoms with E-state index in [9.17, 15) is 4.39 Å². The molecule has 0 unspecified atom stereocenters.